The van der Waals surface area contributed by atoms with Gasteiger partial charge in [0.1, 0.15) is 0 Å². The average Bonchev–Trinajstić information content (AvgIpc) is 2.85. The van der Waals surface area contributed by atoms with Crippen molar-refractivity contribution in [2.75, 3.05) is 0 Å². The van der Waals surface area contributed by atoms with Crippen LogP contribution < -0.4 is 0 Å². The first kappa shape index (κ1) is 11.7. The third-order valence-corrected chi connectivity index (χ3v) is 3.34. The number of carbonyl (C=O) groups excluding carboxylic acids is 1. The van der Waals surface area contributed by atoms with Crippen LogP contribution in [0, 0.1) is 6.92 Å². The van der Waals surface area contributed by atoms with E-state index >= 15 is 0 Å². The molecular formula is C16H14N2O. The fourth-order valence-electron chi connectivity index (χ4n) is 2.23. The zero-order chi connectivity index (χ0) is 13.2. The molecule has 2 aromatic heterocycles. The van der Waals surface area contributed by atoms with E-state index in [0.29, 0.717) is 12.0 Å². The number of nitrogens with zero attached hydrogens (tertiary/aromatic N) is 2. The summed E-state index contributed by atoms with van der Waals surface area (Å²) in [6.45, 7) is 2.03. The summed E-state index contributed by atoms with van der Waals surface area (Å²) >= 11 is 0. The van der Waals surface area contributed by atoms with Gasteiger partial charge in [0, 0.05) is 12.6 Å². The van der Waals surface area contributed by atoms with Gasteiger partial charge in [-0.2, -0.15) is 5.10 Å². The molecule has 0 spiro atoms. The molecule has 0 bridgehead atoms. The molecule has 0 N–H and O–H groups in total. The van der Waals surface area contributed by atoms with E-state index in [0.717, 1.165) is 16.6 Å². The second kappa shape index (κ2) is 4.69. The van der Waals surface area contributed by atoms with Gasteiger partial charge in [-0.05, 0) is 30.2 Å². The minimum atomic E-state index is 0.107. The first-order valence-electron chi connectivity index (χ1n) is 6.26. The van der Waals surface area contributed by atoms with Crippen LogP contribution in [0.15, 0.2) is 54.9 Å². The van der Waals surface area contributed by atoms with Gasteiger partial charge in [0.2, 0.25) is 0 Å². The number of benzene rings is 1. The Bertz CT molecular complexity index is 743. The highest BCUT2D eigenvalue weighted by molar-refractivity contribution is 6.03. The van der Waals surface area contributed by atoms with E-state index in [4.69, 9.17) is 0 Å². The molecule has 0 unspecified atom stereocenters. The maximum atomic E-state index is 12.4. The minimum absolute atomic E-state index is 0.107. The second-order valence-corrected chi connectivity index (χ2v) is 4.62. The first-order chi connectivity index (χ1) is 9.25. The van der Waals surface area contributed by atoms with Gasteiger partial charge in [0.15, 0.2) is 5.78 Å². The maximum Gasteiger partial charge on any atom is 0.171 e. The molecule has 0 aliphatic rings. The third-order valence-electron chi connectivity index (χ3n) is 3.34. The normalized spacial score (nSPS) is 10.8. The highest BCUT2D eigenvalue weighted by atomic mass is 16.1. The lowest BCUT2D eigenvalue weighted by molar-refractivity contribution is 0.0994. The molecule has 94 valence electrons. The van der Waals surface area contributed by atoms with E-state index in [-0.39, 0.29) is 5.78 Å². The van der Waals surface area contributed by atoms with E-state index in [9.17, 15) is 4.79 Å². The van der Waals surface area contributed by atoms with Crippen LogP contribution in [0.2, 0.25) is 0 Å². The summed E-state index contributed by atoms with van der Waals surface area (Å²) in [5, 5.41) is 4.20. The Morgan fingerprint density at radius 2 is 1.95 bits per heavy atom. The molecule has 2 heterocycles. The van der Waals surface area contributed by atoms with E-state index in [1.807, 2.05) is 55.6 Å². The molecule has 0 atom stereocenters. The number of carbonyl (C=O) groups is 1. The number of ketones is 1. The summed E-state index contributed by atoms with van der Waals surface area (Å²) in [6, 6.07) is 13.7. The molecule has 0 fully saturated rings. The molecule has 0 amide bonds. The van der Waals surface area contributed by atoms with Crippen LogP contribution in [0.1, 0.15) is 21.5 Å². The lowest BCUT2D eigenvalue weighted by atomic mass is 10.0. The number of hydrogen-bond acceptors (Lipinski definition) is 2. The van der Waals surface area contributed by atoms with E-state index in [2.05, 4.69) is 5.10 Å². The lowest BCUT2D eigenvalue weighted by Crippen LogP contribution is -2.04. The van der Waals surface area contributed by atoms with Crippen LogP contribution in [0.4, 0.5) is 0 Å². The number of Topliss-reactive ketones (excluding diaryl/α,β-unsaturated/α-hetero) is 1. The fourth-order valence-corrected chi connectivity index (χ4v) is 2.23. The maximum absolute atomic E-state index is 12.4. The summed E-state index contributed by atoms with van der Waals surface area (Å²) in [7, 11) is 0. The van der Waals surface area contributed by atoms with E-state index in [1.54, 1.807) is 10.7 Å². The molecule has 1 aromatic carbocycles. The SMILES string of the molecule is Cc1ccccc1CC(=O)c1cnn2ccccc12. The number of pyridine rings is 1. The molecule has 19 heavy (non-hydrogen) atoms. The van der Waals surface area contributed by atoms with Crippen LogP contribution in [0.3, 0.4) is 0 Å². The summed E-state index contributed by atoms with van der Waals surface area (Å²) in [5.74, 6) is 0.107. The van der Waals surface area contributed by atoms with Crippen molar-refractivity contribution in [3.8, 4) is 0 Å². The summed E-state index contributed by atoms with van der Waals surface area (Å²) in [5.41, 5.74) is 3.76. The van der Waals surface area contributed by atoms with Crippen molar-refractivity contribution in [2.24, 2.45) is 0 Å². The third kappa shape index (κ3) is 2.15. The van der Waals surface area contributed by atoms with Crippen LogP contribution >= 0.6 is 0 Å². The van der Waals surface area contributed by atoms with E-state index in [1.165, 1.54) is 0 Å². The molecule has 3 nitrogen and oxygen atoms in total. The van der Waals surface area contributed by atoms with Gasteiger partial charge in [-0.15, -0.1) is 0 Å². The molecule has 3 aromatic rings. The Balaban J connectivity index is 1.95. The number of fused-ring (bicyclic) bond motifs is 1. The van der Waals surface area contributed by atoms with Crippen LogP contribution in [0.25, 0.3) is 5.52 Å². The standard InChI is InChI=1S/C16H14N2O/c1-12-6-2-3-7-13(12)10-16(19)14-11-17-18-9-5-4-8-15(14)18/h2-9,11H,10H2,1H3. The average molecular weight is 250 g/mol. The van der Waals surface area contributed by atoms with Gasteiger partial charge >= 0.3 is 0 Å². The Hall–Kier alpha value is -2.42. The first-order valence-corrected chi connectivity index (χ1v) is 6.26. The van der Waals surface area contributed by atoms with Gasteiger partial charge in [0.05, 0.1) is 17.3 Å². The van der Waals surface area contributed by atoms with Crippen molar-refractivity contribution in [3.05, 3.63) is 71.5 Å². The number of aromatic nitrogens is 2. The Morgan fingerprint density at radius 3 is 2.79 bits per heavy atom. The van der Waals surface area contributed by atoms with Gasteiger partial charge in [-0.25, -0.2) is 4.52 Å². The van der Waals surface area contributed by atoms with Gasteiger partial charge in [0.25, 0.3) is 0 Å². The molecule has 0 aliphatic carbocycles. The zero-order valence-electron chi connectivity index (χ0n) is 10.7. The van der Waals surface area contributed by atoms with Crippen LogP contribution in [-0.4, -0.2) is 15.4 Å². The van der Waals surface area contributed by atoms with E-state index < -0.39 is 0 Å². The summed E-state index contributed by atoms with van der Waals surface area (Å²) < 4.78 is 1.73. The quantitative estimate of drug-likeness (QED) is 0.669. The molecule has 0 radical (unpaired) electrons. The summed E-state index contributed by atoms with van der Waals surface area (Å²) in [6.07, 6.45) is 3.92. The molecule has 0 saturated carbocycles. The number of aryl methyl sites for hydroxylation is 1. The van der Waals surface area contributed by atoms with Crippen LogP contribution in [-0.2, 0) is 6.42 Å². The molecule has 0 saturated heterocycles. The zero-order valence-corrected chi connectivity index (χ0v) is 10.7. The molecule has 0 aliphatic heterocycles. The molecular weight excluding hydrogens is 236 g/mol. The molecule has 3 rings (SSSR count). The van der Waals surface area contributed by atoms with Crippen molar-refractivity contribution in [1.82, 2.24) is 9.61 Å². The van der Waals surface area contributed by atoms with Gasteiger partial charge < -0.3 is 0 Å². The van der Waals surface area contributed by atoms with Crippen LogP contribution in [0.5, 0.6) is 0 Å². The number of rotatable bonds is 3. The highest BCUT2D eigenvalue weighted by Crippen LogP contribution is 2.15. The summed E-state index contributed by atoms with van der Waals surface area (Å²) in [4.78, 5) is 12.4. The highest BCUT2D eigenvalue weighted by Gasteiger charge is 2.13. The second-order valence-electron chi connectivity index (χ2n) is 4.62. The van der Waals surface area contributed by atoms with Gasteiger partial charge in [-0.1, -0.05) is 30.3 Å². The lowest BCUT2D eigenvalue weighted by Gasteiger charge is -2.03. The van der Waals surface area contributed by atoms with Crippen molar-refractivity contribution in [3.63, 3.8) is 0 Å². The van der Waals surface area contributed by atoms with Crippen molar-refractivity contribution in [1.29, 1.82) is 0 Å². The Morgan fingerprint density at radius 1 is 1.16 bits per heavy atom. The smallest absolute Gasteiger partial charge is 0.171 e. The Kier molecular flexibility index (Phi) is 2.88. The predicted molar refractivity (Wildman–Crippen MR) is 74.4 cm³/mol. The number of hydrogen-bond donors (Lipinski definition) is 0. The van der Waals surface area contributed by atoms with Crippen molar-refractivity contribution in [2.45, 2.75) is 13.3 Å². The molecule has 3 heteroatoms. The monoisotopic (exact) mass is 250 g/mol. The van der Waals surface area contributed by atoms with Gasteiger partial charge in [-0.3, -0.25) is 4.79 Å². The largest absolute Gasteiger partial charge is 0.294 e. The van der Waals surface area contributed by atoms with Crippen molar-refractivity contribution >= 4 is 11.3 Å². The predicted octanol–water partition coefficient (Wildman–Crippen LogP) is 3.07. The minimum Gasteiger partial charge on any atom is -0.294 e. The van der Waals surface area contributed by atoms with Crippen molar-refractivity contribution < 1.29 is 4.79 Å². The fraction of sp³-hybridized carbons (Fsp3) is 0.125. The Labute approximate surface area is 111 Å². The topological polar surface area (TPSA) is 34.4 Å².